The summed E-state index contributed by atoms with van der Waals surface area (Å²) in [7, 11) is -5.41. The SMILES string of the molecule is CCO[Si](CCCNC(=O)NC(C)COCC(C)NC(=O)NCCC[Si](OCC)(OCC)OCC)(OCC)OCC. The molecule has 0 aromatic heterocycles. The lowest BCUT2D eigenvalue weighted by molar-refractivity contribution is 0.0700. The van der Waals surface area contributed by atoms with Crippen molar-refractivity contribution in [2.75, 3.05) is 65.9 Å². The van der Waals surface area contributed by atoms with Crippen LogP contribution in [0.5, 0.6) is 0 Å². The highest BCUT2D eigenvalue weighted by Crippen LogP contribution is 2.18. The standard InChI is InChI=1S/C26H58N4O9Si2/c1-9-34-40(35-10-2,36-11-3)19-15-17-27-25(31)29-23(7)21-33-22-24(8)30-26(32)28-18-16-20-41(37-12-4,38-13-5)39-14-6/h23-24H,9-22H2,1-8H3,(H2,27,29,31)(H2,28,30,32). The molecule has 4 N–H and O–H groups in total. The highest BCUT2D eigenvalue weighted by molar-refractivity contribution is 6.61. The van der Waals surface area contributed by atoms with Crippen LogP contribution in [0.4, 0.5) is 9.59 Å². The molecule has 0 aliphatic carbocycles. The maximum atomic E-state index is 12.2. The summed E-state index contributed by atoms with van der Waals surface area (Å²) in [6.07, 6.45) is 1.37. The van der Waals surface area contributed by atoms with E-state index in [9.17, 15) is 9.59 Å². The molecule has 0 aliphatic heterocycles. The lowest BCUT2D eigenvalue weighted by Gasteiger charge is -2.28. The van der Waals surface area contributed by atoms with Gasteiger partial charge in [-0.1, -0.05) is 0 Å². The van der Waals surface area contributed by atoms with Crippen LogP contribution in [0.1, 0.15) is 68.2 Å². The Labute approximate surface area is 250 Å². The minimum absolute atomic E-state index is 0.204. The number of carbonyl (C=O) groups is 2. The van der Waals surface area contributed by atoms with E-state index in [1.807, 2.05) is 55.4 Å². The fourth-order valence-electron chi connectivity index (χ4n) is 4.07. The molecule has 0 spiro atoms. The predicted molar refractivity (Wildman–Crippen MR) is 163 cm³/mol. The normalized spacial score (nSPS) is 13.5. The number of nitrogens with one attached hydrogen (secondary N) is 4. The summed E-state index contributed by atoms with van der Waals surface area (Å²) in [4.78, 5) is 24.5. The summed E-state index contributed by atoms with van der Waals surface area (Å²) in [5, 5.41) is 11.4. The molecular weight excluding hydrogens is 568 g/mol. The average Bonchev–Trinajstić information content (AvgIpc) is 2.90. The zero-order chi connectivity index (χ0) is 31.0. The second-order valence-corrected chi connectivity index (χ2v) is 14.8. The lowest BCUT2D eigenvalue weighted by atomic mass is 10.3. The van der Waals surface area contributed by atoms with Gasteiger partial charge in [0.2, 0.25) is 0 Å². The number of carbonyl (C=O) groups excluding carboxylic acids is 2. The van der Waals surface area contributed by atoms with Crippen LogP contribution in [-0.2, 0) is 31.3 Å². The third kappa shape index (κ3) is 18.8. The quantitative estimate of drug-likeness (QED) is 0.0839. The molecule has 4 amide bonds. The van der Waals surface area contributed by atoms with Gasteiger partial charge in [0.25, 0.3) is 0 Å². The van der Waals surface area contributed by atoms with E-state index in [1.165, 1.54) is 0 Å². The van der Waals surface area contributed by atoms with Crippen LogP contribution in [-0.4, -0.2) is 108 Å². The van der Waals surface area contributed by atoms with Crippen molar-refractivity contribution in [2.24, 2.45) is 0 Å². The summed E-state index contributed by atoms with van der Waals surface area (Å²) in [5.41, 5.74) is 0. The van der Waals surface area contributed by atoms with E-state index in [0.29, 0.717) is 90.9 Å². The van der Waals surface area contributed by atoms with E-state index in [2.05, 4.69) is 21.3 Å². The Hall–Kier alpha value is -1.31. The van der Waals surface area contributed by atoms with Crippen molar-refractivity contribution in [2.45, 2.75) is 92.4 Å². The third-order valence-electron chi connectivity index (χ3n) is 5.57. The van der Waals surface area contributed by atoms with Gasteiger partial charge in [-0.25, -0.2) is 9.59 Å². The molecule has 15 heteroatoms. The molecule has 0 aromatic rings. The van der Waals surface area contributed by atoms with E-state index in [4.69, 9.17) is 31.3 Å². The first kappa shape index (κ1) is 39.7. The van der Waals surface area contributed by atoms with Gasteiger partial charge in [-0.2, -0.15) is 0 Å². The van der Waals surface area contributed by atoms with Crippen molar-refractivity contribution in [1.29, 1.82) is 0 Å². The van der Waals surface area contributed by atoms with Gasteiger partial charge in [0, 0.05) is 64.8 Å². The highest BCUT2D eigenvalue weighted by Gasteiger charge is 2.40. The van der Waals surface area contributed by atoms with Crippen molar-refractivity contribution in [1.82, 2.24) is 21.3 Å². The predicted octanol–water partition coefficient (Wildman–Crippen LogP) is 3.26. The van der Waals surface area contributed by atoms with Gasteiger partial charge >= 0.3 is 29.7 Å². The van der Waals surface area contributed by atoms with Crippen molar-refractivity contribution in [3.05, 3.63) is 0 Å². The van der Waals surface area contributed by atoms with Crippen LogP contribution >= 0.6 is 0 Å². The Morgan fingerprint density at radius 3 is 1.12 bits per heavy atom. The van der Waals surface area contributed by atoms with Gasteiger partial charge in [-0.15, -0.1) is 0 Å². The molecule has 0 fully saturated rings. The van der Waals surface area contributed by atoms with Gasteiger partial charge in [-0.3, -0.25) is 0 Å². The van der Waals surface area contributed by atoms with Crippen molar-refractivity contribution >= 4 is 29.7 Å². The number of urea groups is 2. The topological polar surface area (TPSA) is 147 Å². The summed E-state index contributed by atoms with van der Waals surface area (Å²) < 4.78 is 40.7. The number of hydrogen-bond donors (Lipinski definition) is 4. The molecule has 2 atom stereocenters. The number of hydrogen-bond acceptors (Lipinski definition) is 9. The van der Waals surface area contributed by atoms with Gasteiger partial charge in [-0.05, 0) is 68.2 Å². The largest absolute Gasteiger partial charge is 0.500 e. The van der Waals surface area contributed by atoms with Gasteiger partial charge in [0.15, 0.2) is 0 Å². The van der Waals surface area contributed by atoms with Crippen molar-refractivity contribution in [3.63, 3.8) is 0 Å². The summed E-state index contributed by atoms with van der Waals surface area (Å²) in [6, 6.07) is 0.323. The fourth-order valence-corrected chi connectivity index (χ4v) is 9.30. The Morgan fingerprint density at radius 2 is 0.854 bits per heavy atom. The molecule has 244 valence electrons. The lowest BCUT2D eigenvalue weighted by Crippen LogP contribution is -2.47. The first-order chi connectivity index (χ1) is 19.6. The first-order valence-corrected chi connectivity index (χ1v) is 19.0. The van der Waals surface area contributed by atoms with E-state index in [-0.39, 0.29) is 24.1 Å². The number of rotatable bonds is 26. The van der Waals surface area contributed by atoms with E-state index < -0.39 is 17.6 Å². The molecule has 0 heterocycles. The average molecular weight is 627 g/mol. The van der Waals surface area contributed by atoms with Gasteiger partial charge in [0.1, 0.15) is 0 Å². The maximum Gasteiger partial charge on any atom is 0.500 e. The molecular formula is C26H58N4O9Si2. The molecule has 0 saturated carbocycles. The second-order valence-electron chi connectivity index (χ2n) is 9.31. The Kier molecular flexibility index (Phi) is 23.4. The molecule has 0 saturated heterocycles. The van der Waals surface area contributed by atoms with Gasteiger partial charge in [0.05, 0.1) is 25.3 Å². The highest BCUT2D eigenvalue weighted by atomic mass is 28.4. The van der Waals surface area contributed by atoms with Crippen LogP contribution in [0.2, 0.25) is 12.1 Å². The minimum Gasteiger partial charge on any atom is -0.377 e. The summed E-state index contributed by atoms with van der Waals surface area (Å²) >= 11 is 0. The monoisotopic (exact) mass is 626 g/mol. The van der Waals surface area contributed by atoms with Crippen LogP contribution < -0.4 is 21.3 Å². The molecule has 0 aromatic carbocycles. The van der Waals surface area contributed by atoms with Crippen LogP contribution in [0.3, 0.4) is 0 Å². The minimum atomic E-state index is -2.71. The Balaban J connectivity index is 4.20. The molecule has 2 unspecified atom stereocenters. The smallest absolute Gasteiger partial charge is 0.377 e. The summed E-state index contributed by atoms with van der Waals surface area (Å²) in [6.45, 7) is 20.0. The van der Waals surface area contributed by atoms with Crippen molar-refractivity contribution < 1.29 is 40.9 Å². The molecule has 41 heavy (non-hydrogen) atoms. The van der Waals surface area contributed by atoms with Crippen molar-refractivity contribution in [3.8, 4) is 0 Å². The van der Waals surface area contributed by atoms with Gasteiger partial charge < -0.3 is 52.6 Å². The molecule has 0 aliphatic rings. The Morgan fingerprint density at radius 1 is 0.561 bits per heavy atom. The van der Waals surface area contributed by atoms with E-state index in [0.717, 1.165) is 0 Å². The van der Waals surface area contributed by atoms with Crippen LogP contribution in [0, 0.1) is 0 Å². The summed E-state index contributed by atoms with van der Waals surface area (Å²) in [5.74, 6) is 0. The number of ether oxygens (including phenoxy) is 1. The Bertz CT molecular complexity index is 595. The molecule has 0 rings (SSSR count). The zero-order valence-corrected chi connectivity index (χ0v) is 28.7. The molecule has 13 nitrogen and oxygen atoms in total. The maximum absolute atomic E-state index is 12.2. The van der Waals surface area contributed by atoms with Crippen LogP contribution in [0.25, 0.3) is 0 Å². The number of amides is 4. The second kappa shape index (κ2) is 24.2. The molecule has 0 bridgehead atoms. The van der Waals surface area contributed by atoms with E-state index in [1.54, 1.807) is 0 Å². The first-order valence-electron chi connectivity index (χ1n) is 15.1. The van der Waals surface area contributed by atoms with Crippen LogP contribution in [0.15, 0.2) is 0 Å². The fraction of sp³-hybridized carbons (Fsp3) is 0.923. The zero-order valence-electron chi connectivity index (χ0n) is 26.7. The third-order valence-corrected chi connectivity index (χ3v) is 11.9. The van der Waals surface area contributed by atoms with E-state index >= 15 is 0 Å². The molecule has 0 radical (unpaired) electrons.